The molecule has 2 N–H and O–H groups in total. The van der Waals surface area contributed by atoms with Crippen LogP contribution in [0.4, 0.5) is 0 Å². The Bertz CT molecular complexity index is 329. The molecule has 0 aromatic carbocycles. The lowest BCUT2D eigenvalue weighted by Gasteiger charge is -2.10. The van der Waals surface area contributed by atoms with Gasteiger partial charge in [-0.3, -0.25) is 0 Å². The van der Waals surface area contributed by atoms with Crippen LogP contribution in [0.5, 0.6) is 0 Å². The van der Waals surface area contributed by atoms with Crippen LogP contribution in [0, 0.1) is 0 Å². The van der Waals surface area contributed by atoms with Crippen molar-refractivity contribution in [3.8, 4) is 0 Å². The molecule has 1 heterocycles. The van der Waals surface area contributed by atoms with Crippen molar-refractivity contribution in [2.75, 3.05) is 0 Å². The maximum Gasteiger partial charge on any atom is 0.136 e. The average Bonchev–Trinajstić information content (AvgIpc) is 2.75. The van der Waals surface area contributed by atoms with Crippen molar-refractivity contribution in [2.24, 2.45) is 5.73 Å². The molecule has 2 aliphatic carbocycles. The van der Waals surface area contributed by atoms with E-state index in [0.29, 0.717) is 18.0 Å². The van der Waals surface area contributed by atoms with E-state index in [1.54, 1.807) is 0 Å². The first kappa shape index (κ1) is 8.41. The zero-order chi connectivity index (χ0) is 9.54. The van der Waals surface area contributed by atoms with Crippen molar-refractivity contribution in [3.63, 3.8) is 0 Å². The zero-order valence-corrected chi connectivity index (χ0v) is 8.26. The minimum absolute atomic E-state index is 0.379. The molecule has 2 fully saturated rings. The Balaban J connectivity index is 1.84. The lowest BCUT2D eigenvalue weighted by molar-refractivity contribution is 0.582. The van der Waals surface area contributed by atoms with Crippen molar-refractivity contribution in [1.82, 2.24) is 14.8 Å². The van der Waals surface area contributed by atoms with E-state index in [0.717, 1.165) is 12.8 Å². The van der Waals surface area contributed by atoms with Crippen LogP contribution in [0.1, 0.15) is 49.9 Å². The molecule has 76 valence electrons. The van der Waals surface area contributed by atoms with Crippen molar-refractivity contribution in [1.29, 1.82) is 0 Å². The number of nitrogens with zero attached hydrogens (tertiary/aromatic N) is 3. The van der Waals surface area contributed by atoms with Gasteiger partial charge in [0.2, 0.25) is 0 Å². The molecule has 1 aromatic heterocycles. The highest BCUT2D eigenvalue weighted by Gasteiger charge is 2.32. The first-order valence-electron chi connectivity index (χ1n) is 5.49. The van der Waals surface area contributed by atoms with Gasteiger partial charge in [-0.15, -0.1) is 10.2 Å². The summed E-state index contributed by atoms with van der Waals surface area (Å²) < 4.78 is 2.27. The summed E-state index contributed by atoms with van der Waals surface area (Å²) in [4.78, 5) is 0. The smallest absolute Gasteiger partial charge is 0.136 e. The quantitative estimate of drug-likeness (QED) is 0.766. The minimum atomic E-state index is 0.379. The van der Waals surface area contributed by atoms with E-state index in [4.69, 9.17) is 5.73 Å². The summed E-state index contributed by atoms with van der Waals surface area (Å²) in [6, 6.07) is 1.07. The summed E-state index contributed by atoms with van der Waals surface area (Å²) in [6.07, 6.45) is 7.89. The fourth-order valence-electron chi connectivity index (χ4n) is 2.43. The van der Waals surface area contributed by atoms with E-state index in [-0.39, 0.29) is 0 Å². The number of rotatable bonds is 2. The molecule has 0 bridgehead atoms. The van der Waals surface area contributed by atoms with Crippen LogP contribution in [0.2, 0.25) is 0 Å². The number of hydrogen-bond donors (Lipinski definition) is 1. The molecule has 0 aliphatic heterocycles. The van der Waals surface area contributed by atoms with Crippen LogP contribution < -0.4 is 5.73 Å². The molecule has 0 spiro atoms. The van der Waals surface area contributed by atoms with Gasteiger partial charge in [0.15, 0.2) is 0 Å². The van der Waals surface area contributed by atoms with Gasteiger partial charge in [0.05, 0.1) is 0 Å². The van der Waals surface area contributed by atoms with E-state index >= 15 is 0 Å². The molecule has 1 aromatic rings. The minimum Gasteiger partial charge on any atom is -0.328 e. The van der Waals surface area contributed by atoms with Gasteiger partial charge in [-0.05, 0) is 32.1 Å². The van der Waals surface area contributed by atoms with Gasteiger partial charge in [0, 0.05) is 18.0 Å². The Morgan fingerprint density at radius 1 is 1.29 bits per heavy atom. The average molecular weight is 192 g/mol. The molecule has 2 saturated carbocycles. The van der Waals surface area contributed by atoms with Crippen LogP contribution >= 0.6 is 0 Å². The van der Waals surface area contributed by atoms with Gasteiger partial charge in [0.1, 0.15) is 12.2 Å². The third-order valence-electron chi connectivity index (χ3n) is 3.38. The summed E-state index contributed by atoms with van der Waals surface area (Å²) in [5.74, 6) is 1.74. The lowest BCUT2D eigenvalue weighted by Crippen LogP contribution is -2.15. The maximum absolute atomic E-state index is 5.92. The zero-order valence-electron chi connectivity index (χ0n) is 8.26. The van der Waals surface area contributed by atoms with E-state index in [1.165, 1.54) is 25.1 Å². The van der Waals surface area contributed by atoms with Crippen LogP contribution in [0.15, 0.2) is 6.33 Å². The molecule has 2 aliphatic rings. The normalized spacial score (nSPS) is 32.4. The van der Waals surface area contributed by atoms with Crippen molar-refractivity contribution < 1.29 is 0 Å². The Labute approximate surface area is 83.5 Å². The molecule has 0 saturated heterocycles. The van der Waals surface area contributed by atoms with Crippen molar-refractivity contribution >= 4 is 0 Å². The molecule has 4 nitrogen and oxygen atoms in total. The Morgan fingerprint density at radius 3 is 2.79 bits per heavy atom. The predicted octanol–water partition coefficient (Wildman–Crippen LogP) is 1.21. The van der Waals surface area contributed by atoms with Gasteiger partial charge in [0.25, 0.3) is 0 Å². The second-order valence-corrected chi connectivity index (χ2v) is 4.60. The highest BCUT2D eigenvalue weighted by Crippen LogP contribution is 2.39. The van der Waals surface area contributed by atoms with Crippen molar-refractivity contribution in [3.05, 3.63) is 12.2 Å². The highest BCUT2D eigenvalue weighted by atomic mass is 15.3. The number of hydrogen-bond acceptors (Lipinski definition) is 3. The molecular formula is C10H16N4. The first-order chi connectivity index (χ1) is 6.84. The van der Waals surface area contributed by atoms with Gasteiger partial charge in [-0.25, -0.2) is 0 Å². The predicted molar refractivity (Wildman–Crippen MR) is 52.9 cm³/mol. The third-order valence-corrected chi connectivity index (χ3v) is 3.38. The summed E-state index contributed by atoms with van der Waals surface area (Å²) in [5, 5.41) is 8.28. The second-order valence-electron chi connectivity index (χ2n) is 4.60. The number of aromatic nitrogens is 3. The van der Waals surface area contributed by atoms with Crippen LogP contribution in [-0.2, 0) is 0 Å². The summed E-state index contributed by atoms with van der Waals surface area (Å²) >= 11 is 0. The largest absolute Gasteiger partial charge is 0.328 e. The summed E-state index contributed by atoms with van der Waals surface area (Å²) in [6.45, 7) is 0. The molecule has 3 rings (SSSR count). The van der Waals surface area contributed by atoms with Gasteiger partial charge < -0.3 is 10.3 Å². The maximum atomic E-state index is 5.92. The lowest BCUT2D eigenvalue weighted by atomic mass is 10.1. The SMILES string of the molecule is N[C@H]1CC[C@@H](c2nncn2C2CC2)C1. The van der Waals surface area contributed by atoms with E-state index in [2.05, 4.69) is 14.8 Å². The first-order valence-corrected chi connectivity index (χ1v) is 5.49. The monoisotopic (exact) mass is 192 g/mol. The Kier molecular flexibility index (Phi) is 1.83. The Hall–Kier alpha value is -0.900. The fourth-order valence-corrected chi connectivity index (χ4v) is 2.43. The van der Waals surface area contributed by atoms with Crippen LogP contribution in [-0.4, -0.2) is 20.8 Å². The topological polar surface area (TPSA) is 56.7 Å². The van der Waals surface area contributed by atoms with E-state index in [9.17, 15) is 0 Å². The standard InChI is InChI=1S/C10H16N4/c11-8-2-1-7(5-8)10-13-12-6-14(10)9-3-4-9/h6-9H,1-5,11H2/t7-,8+/m1/s1. The Morgan fingerprint density at radius 2 is 2.14 bits per heavy atom. The second kappa shape index (κ2) is 3.05. The van der Waals surface area contributed by atoms with E-state index in [1.807, 2.05) is 6.33 Å². The third kappa shape index (κ3) is 1.34. The molecule has 4 heteroatoms. The molecule has 0 amide bonds. The molecule has 2 atom stereocenters. The molecule has 14 heavy (non-hydrogen) atoms. The van der Waals surface area contributed by atoms with Gasteiger partial charge in [-0.2, -0.15) is 0 Å². The van der Waals surface area contributed by atoms with E-state index < -0.39 is 0 Å². The number of nitrogens with two attached hydrogens (primary N) is 1. The van der Waals surface area contributed by atoms with Crippen LogP contribution in [0.25, 0.3) is 0 Å². The van der Waals surface area contributed by atoms with Crippen molar-refractivity contribution in [2.45, 2.75) is 50.1 Å². The highest BCUT2D eigenvalue weighted by molar-refractivity contribution is 5.05. The van der Waals surface area contributed by atoms with Crippen LogP contribution in [0.3, 0.4) is 0 Å². The molecule has 0 unspecified atom stereocenters. The summed E-state index contributed by atoms with van der Waals surface area (Å²) in [5.41, 5.74) is 5.92. The summed E-state index contributed by atoms with van der Waals surface area (Å²) in [7, 11) is 0. The molecular weight excluding hydrogens is 176 g/mol. The van der Waals surface area contributed by atoms with Gasteiger partial charge >= 0.3 is 0 Å². The fraction of sp³-hybridized carbons (Fsp3) is 0.800. The molecule has 0 radical (unpaired) electrons. The van der Waals surface area contributed by atoms with Gasteiger partial charge in [-0.1, -0.05) is 0 Å².